The van der Waals surface area contributed by atoms with Crippen LogP contribution in [0.5, 0.6) is 0 Å². The Hall–Kier alpha value is -1.98. The molecule has 0 aliphatic carbocycles. The summed E-state index contributed by atoms with van der Waals surface area (Å²) in [4.78, 5) is 20.1. The highest BCUT2D eigenvalue weighted by Crippen LogP contribution is 2.52. The quantitative estimate of drug-likeness (QED) is 0.560. The molecular formula is C26H35N3OS. The van der Waals surface area contributed by atoms with Crippen molar-refractivity contribution in [2.45, 2.75) is 75.3 Å². The molecule has 4 rings (SSSR count). The number of carbonyl (C=O) groups is 1. The summed E-state index contributed by atoms with van der Waals surface area (Å²) < 4.78 is 0. The molecule has 2 N–H and O–H groups in total. The third-order valence-electron chi connectivity index (χ3n) is 6.54. The zero-order valence-corrected chi connectivity index (χ0v) is 19.9. The van der Waals surface area contributed by atoms with Crippen LogP contribution in [0, 0.1) is 5.92 Å². The molecule has 0 aromatic heterocycles. The molecule has 2 aromatic carbocycles. The van der Waals surface area contributed by atoms with Gasteiger partial charge in [-0.15, -0.1) is 0 Å². The van der Waals surface area contributed by atoms with Gasteiger partial charge in [0.1, 0.15) is 0 Å². The van der Waals surface area contributed by atoms with Crippen LogP contribution in [0.3, 0.4) is 0 Å². The second kappa shape index (κ2) is 9.66. The van der Waals surface area contributed by atoms with E-state index in [1.165, 1.54) is 40.4 Å². The molecule has 0 spiro atoms. The van der Waals surface area contributed by atoms with Gasteiger partial charge >= 0.3 is 0 Å². The van der Waals surface area contributed by atoms with Crippen molar-refractivity contribution in [3.05, 3.63) is 47.5 Å². The van der Waals surface area contributed by atoms with E-state index in [9.17, 15) is 4.79 Å². The Kier molecular flexibility index (Phi) is 6.92. The lowest BCUT2D eigenvalue weighted by molar-refractivity contribution is 0.0999. The van der Waals surface area contributed by atoms with Crippen LogP contribution in [-0.2, 0) is 6.42 Å². The Bertz CT molecular complexity index is 936. The first-order chi connectivity index (χ1) is 15.0. The molecule has 0 bridgehead atoms. The lowest BCUT2D eigenvalue weighted by atomic mass is 9.94. The number of para-hydroxylation sites is 1. The van der Waals surface area contributed by atoms with Crippen molar-refractivity contribution in [2.75, 3.05) is 18.0 Å². The minimum Gasteiger partial charge on any atom is -0.366 e. The Morgan fingerprint density at radius 2 is 1.81 bits per heavy atom. The van der Waals surface area contributed by atoms with Gasteiger partial charge in [0.05, 0.1) is 17.5 Å². The van der Waals surface area contributed by atoms with Crippen molar-refractivity contribution in [2.24, 2.45) is 11.7 Å². The number of amides is 1. The fourth-order valence-corrected chi connectivity index (χ4v) is 6.10. The predicted octanol–water partition coefficient (Wildman–Crippen LogP) is 6.20. The maximum Gasteiger partial charge on any atom is 0.249 e. The summed E-state index contributed by atoms with van der Waals surface area (Å²) in [5.74, 6) is 0.244. The van der Waals surface area contributed by atoms with Crippen LogP contribution in [0.25, 0.3) is 0 Å². The summed E-state index contributed by atoms with van der Waals surface area (Å²) in [7, 11) is 0. The minimum atomic E-state index is -0.323. The average molecular weight is 438 g/mol. The number of benzene rings is 2. The normalized spacial score (nSPS) is 17.4. The fourth-order valence-electron chi connectivity index (χ4n) is 4.99. The first kappa shape index (κ1) is 22.2. The van der Waals surface area contributed by atoms with Crippen molar-refractivity contribution < 1.29 is 4.79 Å². The van der Waals surface area contributed by atoms with E-state index in [1.807, 2.05) is 17.8 Å². The summed E-state index contributed by atoms with van der Waals surface area (Å²) >= 11 is 1.82. The zero-order valence-electron chi connectivity index (χ0n) is 19.1. The molecular weight excluding hydrogens is 402 g/mol. The van der Waals surface area contributed by atoms with Gasteiger partial charge in [0.2, 0.25) is 5.91 Å². The second-order valence-corrected chi connectivity index (χ2v) is 10.2. The first-order valence-corrected chi connectivity index (χ1v) is 12.6. The number of likely N-dealkylation sites (tertiary alicyclic amines) is 1. The van der Waals surface area contributed by atoms with Crippen molar-refractivity contribution in [3.63, 3.8) is 0 Å². The monoisotopic (exact) mass is 437 g/mol. The number of fused-ring (bicyclic) bond motifs is 2. The van der Waals surface area contributed by atoms with Crippen molar-refractivity contribution in [3.8, 4) is 0 Å². The smallest absolute Gasteiger partial charge is 0.249 e. The Labute approximate surface area is 191 Å². The lowest BCUT2D eigenvalue weighted by Crippen LogP contribution is -2.49. The molecule has 166 valence electrons. The maximum atomic E-state index is 12.4. The van der Waals surface area contributed by atoms with Crippen molar-refractivity contribution in [1.29, 1.82) is 0 Å². The van der Waals surface area contributed by atoms with Gasteiger partial charge in [-0.05, 0) is 67.9 Å². The topological polar surface area (TPSA) is 49.6 Å². The van der Waals surface area contributed by atoms with Gasteiger partial charge in [0.25, 0.3) is 0 Å². The Morgan fingerprint density at radius 1 is 1.06 bits per heavy atom. The molecule has 1 amide bonds. The van der Waals surface area contributed by atoms with Crippen LogP contribution in [0.4, 0.5) is 11.4 Å². The van der Waals surface area contributed by atoms with Crippen molar-refractivity contribution >= 4 is 29.0 Å². The summed E-state index contributed by atoms with van der Waals surface area (Å²) in [6.45, 7) is 9.04. The summed E-state index contributed by atoms with van der Waals surface area (Å²) in [6, 6.07) is 12.7. The van der Waals surface area contributed by atoms with Crippen LogP contribution in [0.15, 0.2) is 46.2 Å². The fraction of sp³-hybridized carbons (Fsp3) is 0.500. The van der Waals surface area contributed by atoms with E-state index in [4.69, 9.17) is 5.73 Å². The van der Waals surface area contributed by atoms with E-state index in [-0.39, 0.29) is 12.1 Å². The Balaban J connectivity index is 1.89. The Morgan fingerprint density at radius 3 is 2.48 bits per heavy atom. The van der Waals surface area contributed by atoms with E-state index in [0.29, 0.717) is 11.5 Å². The van der Waals surface area contributed by atoms with Crippen LogP contribution < -0.4 is 10.6 Å². The second-order valence-electron chi connectivity index (χ2n) is 9.16. The molecule has 2 aliphatic rings. The number of anilines is 2. The highest BCUT2D eigenvalue weighted by molar-refractivity contribution is 7.99. The van der Waals surface area contributed by atoms with Gasteiger partial charge in [-0.1, -0.05) is 51.1 Å². The largest absolute Gasteiger partial charge is 0.366 e. The van der Waals surface area contributed by atoms with Crippen molar-refractivity contribution in [1.82, 2.24) is 4.90 Å². The summed E-state index contributed by atoms with van der Waals surface area (Å²) in [5.41, 5.74) is 10.1. The molecule has 0 radical (unpaired) electrons. The van der Waals surface area contributed by atoms with E-state index in [0.717, 1.165) is 37.9 Å². The number of hydrogen-bond donors (Lipinski definition) is 1. The van der Waals surface area contributed by atoms with E-state index >= 15 is 0 Å². The molecule has 31 heavy (non-hydrogen) atoms. The van der Waals surface area contributed by atoms with E-state index < -0.39 is 0 Å². The third kappa shape index (κ3) is 4.49. The van der Waals surface area contributed by atoms with Crippen LogP contribution in [0.2, 0.25) is 0 Å². The van der Waals surface area contributed by atoms with Gasteiger partial charge in [-0.3, -0.25) is 9.69 Å². The average Bonchev–Trinajstić information content (AvgIpc) is 2.77. The number of nitrogens with zero attached hydrogens (tertiary/aromatic N) is 2. The molecule has 2 heterocycles. The number of hydrogen-bond acceptors (Lipinski definition) is 4. The molecule has 2 aliphatic heterocycles. The van der Waals surface area contributed by atoms with Crippen LogP contribution >= 0.6 is 11.8 Å². The minimum absolute atomic E-state index is 0.280. The number of piperidine rings is 1. The van der Waals surface area contributed by atoms with Gasteiger partial charge in [-0.2, -0.15) is 0 Å². The predicted molar refractivity (Wildman–Crippen MR) is 130 cm³/mol. The number of nitrogens with two attached hydrogens (primary N) is 1. The standard InChI is InChI=1S/C26H35N3OS/c1-4-24(28-16-8-5-9-17-28)29-21-10-6-7-11-22(21)31-23-15-14-20(26(27)30)19(25(23)29)13-12-18(2)3/h6-7,10-11,14-15,18,24H,4-5,8-9,12-13,16-17H2,1-3H3,(H2,27,30). The molecule has 0 saturated carbocycles. The lowest BCUT2D eigenvalue weighted by Gasteiger charge is -2.46. The first-order valence-electron chi connectivity index (χ1n) is 11.8. The van der Waals surface area contributed by atoms with Gasteiger partial charge in [0.15, 0.2) is 0 Å². The highest BCUT2D eigenvalue weighted by Gasteiger charge is 2.35. The number of rotatable bonds is 7. The molecule has 5 heteroatoms. The van der Waals surface area contributed by atoms with E-state index in [1.54, 1.807) is 0 Å². The molecule has 1 saturated heterocycles. The van der Waals surface area contributed by atoms with Crippen LogP contribution in [0.1, 0.15) is 68.8 Å². The van der Waals surface area contributed by atoms with Gasteiger partial charge in [0, 0.05) is 28.4 Å². The van der Waals surface area contributed by atoms with Gasteiger partial charge in [-0.25, -0.2) is 0 Å². The highest BCUT2D eigenvalue weighted by atomic mass is 32.2. The maximum absolute atomic E-state index is 12.4. The molecule has 1 atom stereocenters. The molecule has 4 nitrogen and oxygen atoms in total. The summed E-state index contributed by atoms with van der Waals surface area (Å²) in [6.07, 6.45) is 7.06. The third-order valence-corrected chi connectivity index (χ3v) is 7.66. The van der Waals surface area contributed by atoms with Crippen LogP contribution in [-0.4, -0.2) is 30.1 Å². The molecule has 1 fully saturated rings. The SMILES string of the molecule is CCC(N1CCCCC1)N1c2ccccc2Sc2ccc(C(N)=O)c(CCC(C)C)c21. The number of carbonyl (C=O) groups excluding carboxylic acids is 1. The summed E-state index contributed by atoms with van der Waals surface area (Å²) in [5, 5.41) is 0. The number of primary amides is 1. The molecule has 2 aromatic rings. The zero-order chi connectivity index (χ0) is 22.0. The molecule has 1 unspecified atom stereocenters. The van der Waals surface area contributed by atoms with E-state index in [2.05, 4.69) is 60.9 Å². The van der Waals surface area contributed by atoms with Gasteiger partial charge < -0.3 is 10.6 Å².